The average molecular weight is 733 g/mol. The van der Waals surface area contributed by atoms with Crippen LogP contribution in [-0.4, -0.2) is 96.9 Å². The van der Waals surface area contributed by atoms with E-state index in [1.807, 2.05) is 13.8 Å². The van der Waals surface area contributed by atoms with Crippen LogP contribution < -0.4 is 0 Å². The minimum Gasteiger partial charge on any atom is -0.468 e. The van der Waals surface area contributed by atoms with Gasteiger partial charge in [0, 0.05) is 51.4 Å². The summed E-state index contributed by atoms with van der Waals surface area (Å²) in [6.45, 7) is 16.4. The van der Waals surface area contributed by atoms with Crippen LogP contribution in [0.1, 0.15) is 93.9 Å². The molecular weight excluding hydrogens is 680 g/mol. The number of cyclic esters (lactones) is 1. The number of ether oxygens (including phenoxy) is 7. The lowest BCUT2D eigenvalue weighted by atomic mass is 9.28. The third-order valence-corrected chi connectivity index (χ3v) is 14.3. The van der Waals surface area contributed by atoms with E-state index in [1.54, 1.807) is 13.8 Å². The van der Waals surface area contributed by atoms with Gasteiger partial charge in [0.1, 0.15) is 36.4 Å². The van der Waals surface area contributed by atoms with Crippen LogP contribution >= 0.6 is 0 Å². The summed E-state index contributed by atoms with van der Waals surface area (Å²) in [5, 5.41) is 13.7. The highest BCUT2D eigenvalue weighted by atomic mass is 16.6. The molecule has 0 radical (unpaired) electrons. The lowest BCUT2D eigenvalue weighted by molar-refractivity contribution is -0.359. The van der Waals surface area contributed by atoms with Crippen molar-refractivity contribution in [3.63, 3.8) is 0 Å². The maximum absolute atomic E-state index is 15.0. The van der Waals surface area contributed by atoms with E-state index in [9.17, 15) is 29.1 Å². The van der Waals surface area contributed by atoms with Crippen molar-refractivity contribution in [1.29, 1.82) is 0 Å². The smallest absolute Gasteiger partial charge is 0.338 e. The molecule has 0 aromatic rings. The molecule has 0 aromatic heterocycles. The minimum absolute atomic E-state index is 0.0510. The predicted molar refractivity (Wildman–Crippen MR) is 177 cm³/mol. The quantitative estimate of drug-likeness (QED) is 0.181. The molecule has 1 N–H and O–H groups in total. The van der Waals surface area contributed by atoms with Gasteiger partial charge in [-0.3, -0.25) is 24.0 Å². The minimum atomic E-state index is -2.07. The summed E-state index contributed by atoms with van der Waals surface area (Å²) in [6, 6.07) is 0. The highest BCUT2D eigenvalue weighted by molar-refractivity contribution is 5.83. The van der Waals surface area contributed by atoms with Crippen molar-refractivity contribution >= 4 is 35.8 Å². The van der Waals surface area contributed by atoms with Crippen LogP contribution in [0.3, 0.4) is 0 Å². The molecule has 52 heavy (non-hydrogen) atoms. The van der Waals surface area contributed by atoms with Gasteiger partial charge in [0.25, 0.3) is 0 Å². The number of carbonyl (C=O) groups is 6. The zero-order valence-corrected chi connectivity index (χ0v) is 31.5. The Morgan fingerprint density at radius 2 is 1.46 bits per heavy atom. The highest BCUT2D eigenvalue weighted by Gasteiger charge is 2.87. The summed E-state index contributed by atoms with van der Waals surface area (Å²) in [4.78, 5) is 79.6. The molecule has 14 nitrogen and oxygen atoms in total. The lowest BCUT2D eigenvalue weighted by Gasteiger charge is -2.76. The third kappa shape index (κ3) is 4.94. The van der Waals surface area contributed by atoms with E-state index >= 15 is 4.79 Å². The maximum Gasteiger partial charge on any atom is 0.338 e. The Balaban J connectivity index is 1.68. The number of hydrogen-bond donors (Lipinski definition) is 1. The molecule has 2 saturated heterocycles. The monoisotopic (exact) mass is 732 g/mol. The number of rotatable bonds is 6. The summed E-state index contributed by atoms with van der Waals surface area (Å²) in [5.74, 6) is -5.24. The van der Waals surface area contributed by atoms with Gasteiger partial charge in [-0.2, -0.15) is 0 Å². The molecule has 0 aromatic carbocycles. The lowest BCUT2D eigenvalue weighted by Crippen LogP contribution is -2.84. The first kappa shape index (κ1) is 38.2. The van der Waals surface area contributed by atoms with Crippen LogP contribution in [0.2, 0.25) is 0 Å². The Kier molecular flexibility index (Phi) is 9.01. The summed E-state index contributed by atoms with van der Waals surface area (Å²) >= 11 is 0. The molecule has 288 valence electrons. The molecule has 2 aliphatic heterocycles. The van der Waals surface area contributed by atoms with Gasteiger partial charge in [-0.15, -0.1) is 0 Å². The van der Waals surface area contributed by atoms with Crippen molar-refractivity contribution < 1.29 is 67.0 Å². The summed E-state index contributed by atoms with van der Waals surface area (Å²) in [6.07, 6.45) is -5.09. The summed E-state index contributed by atoms with van der Waals surface area (Å²) in [5.41, 5.74) is -8.43. The molecule has 14 atom stereocenters. The fourth-order valence-electron chi connectivity index (χ4n) is 12.7. The van der Waals surface area contributed by atoms with Gasteiger partial charge in [-0.25, -0.2) is 4.79 Å². The second-order valence-electron chi connectivity index (χ2n) is 17.0. The molecule has 14 heteroatoms. The number of aliphatic hydroxyl groups is 1. The van der Waals surface area contributed by atoms with Gasteiger partial charge < -0.3 is 38.3 Å². The molecule has 6 fully saturated rings. The molecule has 6 aliphatic rings. The van der Waals surface area contributed by atoms with Gasteiger partial charge in [0.05, 0.1) is 24.2 Å². The van der Waals surface area contributed by atoms with Crippen molar-refractivity contribution in [2.24, 2.45) is 38.9 Å². The van der Waals surface area contributed by atoms with Crippen molar-refractivity contribution in [2.75, 3.05) is 13.7 Å². The number of methoxy groups -OCH3 is 1. The van der Waals surface area contributed by atoms with Gasteiger partial charge in [-0.1, -0.05) is 32.9 Å². The Labute approximate surface area is 303 Å². The third-order valence-electron chi connectivity index (χ3n) is 14.3. The van der Waals surface area contributed by atoms with E-state index in [-0.39, 0.29) is 45.1 Å². The SMILES string of the molecule is C=C1CC(OC(C)=O)C2(C)CCC3(C)C4C(OC(C)=O)CC5(COC(C)=O)C(C)OC(=O)C6OC6C5C4(C)CC(OC(C)=O)C3(C(=O)OC)C2(O)C1. The van der Waals surface area contributed by atoms with E-state index in [0.717, 1.165) is 0 Å². The standard InChI is InChI=1S/C38H52O14/c1-18-13-25(50-22(5)41)34(8)11-12-35(9)29-24(49-21(4)40)15-36(17-47-20(3)39)19(2)48-31(43)28-27(52-28)30(36)33(29,7)16-26(51-23(6)42)38(35,32(44)46-10)37(34,45)14-18/h19,24-30,45H,1,11-17H2,2-10H3. The highest BCUT2D eigenvalue weighted by Crippen LogP contribution is 2.80. The summed E-state index contributed by atoms with van der Waals surface area (Å²) < 4.78 is 41.8. The Bertz CT molecular complexity index is 1600. The number of fused-ring (bicyclic) bond motifs is 9. The Morgan fingerprint density at radius 3 is 2.04 bits per heavy atom. The molecular formula is C38H52O14. The van der Waals surface area contributed by atoms with Crippen LogP contribution in [-0.2, 0) is 61.9 Å². The fraction of sp³-hybridized carbons (Fsp3) is 0.789. The molecule has 4 aliphatic carbocycles. The van der Waals surface area contributed by atoms with Crippen LogP contribution in [0.5, 0.6) is 0 Å². The number of epoxide rings is 1. The van der Waals surface area contributed by atoms with Gasteiger partial charge in [0.15, 0.2) is 6.10 Å². The predicted octanol–water partition coefficient (Wildman–Crippen LogP) is 3.14. The van der Waals surface area contributed by atoms with Crippen LogP contribution in [0.4, 0.5) is 0 Å². The average Bonchev–Trinajstić information content (AvgIpc) is 3.80. The fourth-order valence-corrected chi connectivity index (χ4v) is 12.7. The Hall–Kier alpha value is -3.52. The van der Waals surface area contributed by atoms with E-state index in [4.69, 9.17) is 33.2 Å². The van der Waals surface area contributed by atoms with Crippen molar-refractivity contribution in [3.8, 4) is 0 Å². The first-order valence-electron chi connectivity index (χ1n) is 18.1. The van der Waals surface area contributed by atoms with Gasteiger partial charge in [-0.05, 0) is 49.9 Å². The molecule has 2 heterocycles. The van der Waals surface area contributed by atoms with E-state index in [2.05, 4.69) is 6.58 Å². The van der Waals surface area contributed by atoms with Crippen molar-refractivity contribution in [2.45, 2.75) is 136 Å². The van der Waals surface area contributed by atoms with Crippen molar-refractivity contribution in [1.82, 2.24) is 0 Å². The topological polar surface area (TPSA) is 191 Å². The molecule has 4 saturated carbocycles. The zero-order valence-electron chi connectivity index (χ0n) is 31.5. The maximum atomic E-state index is 15.0. The first-order chi connectivity index (χ1) is 24.1. The number of carbonyl (C=O) groups excluding carboxylic acids is 6. The number of hydrogen-bond acceptors (Lipinski definition) is 14. The number of esters is 6. The van der Waals surface area contributed by atoms with Crippen LogP contribution in [0, 0.1) is 38.9 Å². The molecule has 14 unspecified atom stereocenters. The molecule has 6 rings (SSSR count). The Morgan fingerprint density at radius 1 is 0.865 bits per heavy atom. The zero-order chi connectivity index (χ0) is 38.6. The van der Waals surface area contributed by atoms with Gasteiger partial charge >= 0.3 is 35.8 Å². The normalized spacial score (nSPS) is 47.3. The van der Waals surface area contributed by atoms with E-state index in [0.29, 0.717) is 5.57 Å². The first-order valence-corrected chi connectivity index (χ1v) is 18.1. The van der Waals surface area contributed by atoms with Crippen molar-refractivity contribution in [3.05, 3.63) is 12.2 Å². The van der Waals surface area contributed by atoms with E-state index < -0.39 is 117 Å². The second-order valence-corrected chi connectivity index (χ2v) is 17.0. The summed E-state index contributed by atoms with van der Waals surface area (Å²) in [7, 11) is 1.21. The molecule has 0 bridgehead atoms. The van der Waals surface area contributed by atoms with Crippen LogP contribution in [0.15, 0.2) is 12.2 Å². The molecule has 0 amide bonds. The van der Waals surface area contributed by atoms with Crippen LogP contribution in [0.25, 0.3) is 0 Å². The van der Waals surface area contributed by atoms with Gasteiger partial charge in [0.2, 0.25) is 0 Å². The second kappa shape index (κ2) is 12.3. The van der Waals surface area contributed by atoms with E-state index in [1.165, 1.54) is 34.8 Å². The molecule has 0 spiro atoms. The largest absolute Gasteiger partial charge is 0.468 e.